The van der Waals surface area contributed by atoms with Crippen LogP contribution in [-0.4, -0.2) is 40.4 Å². The van der Waals surface area contributed by atoms with Crippen molar-refractivity contribution in [2.24, 2.45) is 4.99 Å². The Morgan fingerprint density at radius 1 is 1.16 bits per heavy atom. The Morgan fingerprint density at radius 3 is 2.56 bits per heavy atom. The van der Waals surface area contributed by atoms with Gasteiger partial charge in [0.05, 0.1) is 7.11 Å². The molecule has 0 bridgehead atoms. The molecule has 2 aliphatic rings. The Kier molecular flexibility index (Phi) is 3.25. The molecule has 0 saturated heterocycles. The second-order valence-corrected chi connectivity index (χ2v) is 6.68. The van der Waals surface area contributed by atoms with E-state index in [1.807, 2.05) is 24.3 Å². The molecule has 126 valence electrons. The number of nitrogens with zero attached hydrogens (tertiary/aromatic N) is 2. The molecule has 6 nitrogen and oxygen atoms in total. The van der Waals surface area contributed by atoms with Gasteiger partial charge in [0.25, 0.3) is 0 Å². The van der Waals surface area contributed by atoms with Crippen molar-refractivity contribution in [1.82, 2.24) is 9.97 Å². The van der Waals surface area contributed by atoms with Crippen LogP contribution >= 0.6 is 0 Å². The average molecular weight is 335 g/mol. The number of carbonyl (C=O) groups is 2. The number of hydrogen-bond donors (Lipinski definition) is 1. The van der Waals surface area contributed by atoms with Gasteiger partial charge in [-0.15, -0.1) is 0 Å². The van der Waals surface area contributed by atoms with Gasteiger partial charge in [0, 0.05) is 29.3 Å². The normalized spacial score (nSPS) is 18.2. The molecule has 0 radical (unpaired) electrons. The number of ether oxygens (including phenoxy) is 1. The SMILES string of the molecule is COc1ccc(-c2nc3c([nH]2)C(=O)CC2=C3C=NC(C)(C)C2=O)cc1. The van der Waals surface area contributed by atoms with E-state index in [1.54, 1.807) is 27.2 Å². The van der Waals surface area contributed by atoms with Gasteiger partial charge in [-0.3, -0.25) is 14.6 Å². The standard InChI is InChI=1S/C19H17N3O3/c1-19(2)17(24)12-8-14(23)16-15(13(12)9-20-19)21-18(22-16)10-4-6-11(25-3)7-5-10/h4-7,9H,8H2,1-3H3,(H,21,22). The molecule has 25 heavy (non-hydrogen) atoms. The van der Waals surface area contributed by atoms with E-state index in [1.165, 1.54) is 0 Å². The van der Waals surface area contributed by atoms with E-state index in [-0.39, 0.29) is 18.0 Å². The quantitative estimate of drug-likeness (QED) is 0.914. The molecule has 1 aromatic heterocycles. The lowest BCUT2D eigenvalue weighted by Crippen LogP contribution is -2.36. The Bertz CT molecular complexity index is 962. The molecule has 2 aromatic rings. The minimum absolute atomic E-state index is 0.0842. The fourth-order valence-electron chi connectivity index (χ4n) is 3.14. The van der Waals surface area contributed by atoms with E-state index in [2.05, 4.69) is 15.0 Å². The number of nitrogens with one attached hydrogen (secondary N) is 1. The second kappa shape index (κ2) is 5.24. The van der Waals surface area contributed by atoms with E-state index in [4.69, 9.17) is 4.74 Å². The molecular formula is C19H17N3O3. The van der Waals surface area contributed by atoms with Gasteiger partial charge in [0.2, 0.25) is 0 Å². The van der Waals surface area contributed by atoms with Crippen LogP contribution in [0.2, 0.25) is 0 Å². The second-order valence-electron chi connectivity index (χ2n) is 6.68. The number of benzene rings is 1. The van der Waals surface area contributed by atoms with Crippen LogP contribution in [0, 0.1) is 0 Å². The maximum absolute atomic E-state index is 12.6. The Balaban J connectivity index is 1.82. The lowest BCUT2D eigenvalue weighted by Gasteiger charge is -2.27. The Labute approximate surface area is 144 Å². The summed E-state index contributed by atoms with van der Waals surface area (Å²) in [7, 11) is 1.61. The van der Waals surface area contributed by atoms with Gasteiger partial charge in [0.15, 0.2) is 11.6 Å². The van der Waals surface area contributed by atoms with E-state index in [0.717, 1.165) is 11.3 Å². The maximum atomic E-state index is 12.6. The van der Waals surface area contributed by atoms with Gasteiger partial charge in [-0.25, -0.2) is 4.98 Å². The molecular weight excluding hydrogens is 318 g/mol. The first-order valence-electron chi connectivity index (χ1n) is 8.02. The molecule has 4 rings (SSSR count). The van der Waals surface area contributed by atoms with Crippen LogP contribution in [0.3, 0.4) is 0 Å². The lowest BCUT2D eigenvalue weighted by atomic mass is 9.81. The Hall–Kier alpha value is -3.02. The summed E-state index contributed by atoms with van der Waals surface area (Å²) in [5.74, 6) is 1.09. The summed E-state index contributed by atoms with van der Waals surface area (Å²) in [6.07, 6.45) is 1.75. The number of allylic oxidation sites excluding steroid dienone is 1. The number of carbonyl (C=O) groups excluding carboxylic acids is 2. The number of rotatable bonds is 2. The molecule has 1 aliphatic carbocycles. The number of ketones is 2. The number of dihydropyridines is 1. The molecule has 0 spiro atoms. The van der Waals surface area contributed by atoms with E-state index < -0.39 is 5.54 Å². The number of imidazole rings is 1. The van der Waals surface area contributed by atoms with Crippen molar-refractivity contribution in [3.63, 3.8) is 0 Å². The first kappa shape index (κ1) is 15.5. The fraction of sp³-hybridized carbons (Fsp3) is 0.263. The first-order valence-corrected chi connectivity index (χ1v) is 8.02. The summed E-state index contributed by atoms with van der Waals surface area (Å²) in [6, 6.07) is 7.40. The van der Waals surface area contributed by atoms with Crippen molar-refractivity contribution in [1.29, 1.82) is 0 Å². The van der Waals surface area contributed by atoms with Crippen LogP contribution in [0.4, 0.5) is 0 Å². The van der Waals surface area contributed by atoms with Gasteiger partial charge in [-0.05, 0) is 38.1 Å². The van der Waals surface area contributed by atoms with Crippen molar-refractivity contribution < 1.29 is 14.3 Å². The molecule has 0 saturated carbocycles. The van der Waals surface area contributed by atoms with Gasteiger partial charge in [-0.2, -0.15) is 0 Å². The van der Waals surface area contributed by atoms with Gasteiger partial charge >= 0.3 is 0 Å². The summed E-state index contributed by atoms with van der Waals surface area (Å²) in [4.78, 5) is 37.1. The number of aromatic nitrogens is 2. The summed E-state index contributed by atoms with van der Waals surface area (Å²) in [5.41, 5.74) is 2.10. The smallest absolute Gasteiger partial charge is 0.186 e. The van der Waals surface area contributed by atoms with Crippen LogP contribution in [-0.2, 0) is 4.79 Å². The number of aromatic amines is 1. The minimum Gasteiger partial charge on any atom is -0.497 e. The average Bonchev–Trinajstić information content (AvgIpc) is 3.05. The number of fused-ring (bicyclic) bond motifs is 2. The molecule has 1 aliphatic heterocycles. The number of Topliss-reactive ketones (excluding diaryl/α,β-unsaturated/α-hetero) is 2. The number of aliphatic imine (C=N–C) groups is 1. The van der Waals surface area contributed by atoms with E-state index >= 15 is 0 Å². The zero-order chi connectivity index (χ0) is 17.8. The third kappa shape index (κ3) is 2.33. The number of H-pyrrole nitrogens is 1. The zero-order valence-corrected chi connectivity index (χ0v) is 14.2. The van der Waals surface area contributed by atoms with Crippen LogP contribution < -0.4 is 4.74 Å². The minimum atomic E-state index is -0.828. The largest absolute Gasteiger partial charge is 0.497 e. The highest BCUT2D eigenvalue weighted by molar-refractivity contribution is 6.29. The molecule has 1 N–H and O–H groups in total. The predicted octanol–water partition coefficient (Wildman–Crippen LogP) is 2.86. The number of methoxy groups -OCH3 is 1. The van der Waals surface area contributed by atoms with Crippen molar-refractivity contribution in [2.75, 3.05) is 7.11 Å². The first-order chi connectivity index (χ1) is 11.9. The van der Waals surface area contributed by atoms with Crippen LogP contribution in [0.5, 0.6) is 5.75 Å². The van der Waals surface area contributed by atoms with Crippen LogP contribution in [0.25, 0.3) is 17.0 Å². The highest BCUT2D eigenvalue weighted by atomic mass is 16.5. The van der Waals surface area contributed by atoms with Crippen molar-refractivity contribution >= 4 is 23.4 Å². The topological polar surface area (TPSA) is 84.4 Å². The molecule has 6 heteroatoms. The van der Waals surface area contributed by atoms with E-state index in [0.29, 0.717) is 28.4 Å². The highest BCUT2D eigenvalue weighted by Crippen LogP contribution is 2.36. The summed E-state index contributed by atoms with van der Waals surface area (Å²) in [5, 5.41) is 0. The van der Waals surface area contributed by atoms with Gasteiger partial charge in [0.1, 0.15) is 28.5 Å². The summed E-state index contributed by atoms with van der Waals surface area (Å²) >= 11 is 0. The monoisotopic (exact) mass is 335 g/mol. The lowest BCUT2D eigenvalue weighted by molar-refractivity contribution is -0.119. The fourth-order valence-corrected chi connectivity index (χ4v) is 3.14. The molecule has 0 atom stereocenters. The molecule has 0 unspecified atom stereocenters. The zero-order valence-electron chi connectivity index (χ0n) is 14.2. The van der Waals surface area contributed by atoms with Crippen LogP contribution in [0.1, 0.15) is 36.5 Å². The van der Waals surface area contributed by atoms with Gasteiger partial charge in [-0.1, -0.05) is 0 Å². The van der Waals surface area contributed by atoms with Crippen molar-refractivity contribution in [3.8, 4) is 17.1 Å². The molecule has 0 fully saturated rings. The van der Waals surface area contributed by atoms with Gasteiger partial charge < -0.3 is 9.72 Å². The van der Waals surface area contributed by atoms with Crippen LogP contribution in [0.15, 0.2) is 34.8 Å². The summed E-state index contributed by atoms with van der Waals surface area (Å²) in [6.45, 7) is 3.51. The van der Waals surface area contributed by atoms with Crippen molar-refractivity contribution in [3.05, 3.63) is 41.2 Å². The highest BCUT2D eigenvalue weighted by Gasteiger charge is 2.39. The van der Waals surface area contributed by atoms with Crippen molar-refractivity contribution in [2.45, 2.75) is 25.8 Å². The maximum Gasteiger partial charge on any atom is 0.186 e. The summed E-state index contributed by atoms with van der Waals surface area (Å²) < 4.78 is 5.16. The molecule has 1 aromatic carbocycles. The molecule has 0 amide bonds. The predicted molar refractivity (Wildman–Crippen MR) is 94.0 cm³/mol. The Morgan fingerprint density at radius 2 is 1.88 bits per heavy atom. The number of hydrogen-bond acceptors (Lipinski definition) is 5. The third-order valence-corrected chi connectivity index (χ3v) is 4.61. The third-order valence-electron chi connectivity index (χ3n) is 4.61. The molecule has 2 heterocycles. The van der Waals surface area contributed by atoms with E-state index in [9.17, 15) is 9.59 Å².